The minimum absolute atomic E-state index is 0.0683. The van der Waals surface area contributed by atoms with Gasteiger partial charge in [0.05, 0.1) is 6.04 Å². The lowest BCUT2D eigenvalue weighted by Crippen LogP contribution is -2.57. The summed E-state index contributed by atoms with van der Waals surface area (Å²) in [6.07, 6.45) is 9.08. The number of carbonyl (C=O) groups is 2. The molecule has 3 aromatic rings. The summed E-state index contributed by atoms with van der Waals surface area (Å²) in [5.74, 6) is 0.322. The number of piperazine rings is 1. The number of hydrogen-bond donors (Lipinski definition) is 2. The average molecular weight is 576 g/mol. The van der Waals surface area contributed by atoms with Gasteiger partial charge < -0.3 is 20.1 Å². The van der Waals surface area contributed by atoms with Crippen LogP contribution in [0, 0.1) is 5.92 Å². The molecule has 1 aromatic heterocycles. The number of hydrogen-bond acceptors (Lipinski definition) is 6. The highest BCUT2D eigenvalue weighted by molar-refractivity contribution is 6.30. The van der Waals surface area contributed by atoms with Crippen molar-refractivity contribution < 1.29 is 9.59 Å². The van der Waals surface area contributed by atoms with E-state index in [0.717, 1.165) is 25.2 Å². The first-order valence-corrected chi connectivity index (χ1v) is 15.1. The predicted molar refractivity (Wildman–Crippen MR) is 157 cm³/mol. The Bertz CT molecular complexity index is 1320. The summed E-state index contributed by atoms with van der Waals surface area (Å²) in [6.45, 7) is 4.51. The number of nitrogens with zero attached hydrogens (tertiary/aromatic N) is 5. The fraction of sp³-hybridized carbons (Fsp3) is 0.484. The SMILES string of the molecule is O=C(NC(C(=O)N1CCN(C2CCCCC2Cn2cnnc2)CC1)c1ccc(Cl)cc1)[C@H]1Cc2ccccc2CN1. The van der Waals surface area contributed by atoms with Gasteiger partial charge in [-0.1, -0.05) is 60.8 Å². The zero-order chi connectivity index (χ0) is 28.2. The Kier molecular flexibility index (Phi) is 8.64. The smallest absolute Gasteiger partial charge is 0.249 e. The van der Waals surface area contributed by atoms with Gasteiger partial charge >= 0.3 is 0 Å². The molecule has 2 amide bonds. The third-order valence-corrected chi connectivity index (χ3v) is 9.26. The number of nitrogens with one attached hydrogen (secondary N) is 2. The monoisotopic (exact) mass is 575 g/mol. The first kappa shape index (κ1) is 27.9. The van der Waals surface area contributed by atoms with Crippen LogP contribution in [-0.4, -0.2) is 74.6 Å². The van der Waals surface area contributed by atoms with Crippen molar-refractivity contribution in [2.24, 2.45) is 5.92 Å². The number of benzene rings is 2. The summed E-state index contributed by atoms with van der Waals surface area (Å²) in [4.78, 5) is 31.9. The summed E-state index contributed by atoms with van der Waals surface area (Å²) in [6, 6.07) is 14.7. The number of fused-ring (bicyclic) bond motifs is 1. The van der Waals surface area contributed by atoms with Gasteiger partial charge in [-0.25, -0.2) is 0 Å². The van der Waals surface area contributed by atoms with Crippen molar-refractivity contribution >= 4 is 23.4 Å². The van der Waals surface area contributed by atoms with E-state index in [-0.39, 0.29) is 11.8 Å². The summed E-state index contributed by atoms with van der Waals surface area (Å²) in [5, 5.41) is 15.0. The summed E-state index contributed by atoms with van der Waals surface area (Å²) >= 11 is 6.16. The molecule has 2 aliphatic heterocycles. The lowest BCUT2D eigenvalue weighted by molar-refractivity contribution is -0.139. The van der Waals surface area contributed by atoms with E-state index in [1.165, 1.54) is 36.8 Å². The van der Waals surface area contributed by atoms with Gasteiger partial charge in [-0.3, -0.25) is 14.5 Å². The number of halogens is 1. The summed E-state index contributed by atoms with van der Waals surface area (Å²) in [5.41, 5.74) is 3.12. The first-order chi connectivity index (χ1) is 20.0. The van der Waals surface area contributed by atoms with Crippen LogP contribution in [0.3, 0.4) is 0 Å². The lowest BCUT2D eigenvalue weighted by atomic mass is 9.83. The molecule has 1 saturated carbocycles. The Morgan fingerprint density at radius 2 is 1.66 bits per heavy atom. The van der Waals surface area contributed by atoms with E-state index in [1.54, 1.807) is 24.8 Å². The molecule has 2 fully saturated rings. The van der Waals surface area contributed by atoms with E-state index >= 15 is 0 Å². The van der Waals surface area contributed by atoms with Crippen LogP contribution in [-0.2, 0) is 29.1 Å². The maximum absolute atomic E-state index is 14.0. The second kappa shape index (κ2) is 12.7. The second-order valence-electron chi connectivity index (χ2n) is 11.5. The topological polar surface area (TPSA) is 95.4 Å². The van der Waals surface area contributed by atoms with Crippen molar-refractivity contribution in [3.63, 3.8) is 0 Å². The largest absolute Gasteiger partial charge is 0.339 e. The van der Waals surface area contributed by atoms with Crippen LogP contribution in [0.1, 0.15) is 48.4 Å². The van der Waals surface area contributed by atoms with Crippen molar-refractivity contribution in [2.75, 3.05) is 26.2 Å². The highest BCUT2D eigenvalue weighted by Gasteiger charge is 2.36. The quantitative estimate of drug-likeness (QED) is 0.449. The van der Waals surface area contributed by atoms with Gasteiger partial charge in [0.1, 0.15) is 18.7 Å². The third-order valence-electron chi connectivity index (χ3n) is 9.01. The number of rotatable bonds is 7. The van der Waals surface area contributed by atoms with Crippen LogP contribution in [0.4, 0.5) is 0 Å². The van der Waals surface area contributed by atoms with Crippen molar-refractivity contribution in [1.29, 1.82) is 0 Å². The molecule has 9 nitrogen and oxygen atoms in total. The van der Waals surface area contributed by atoms with Crippen LogP contribution in [0.25, 0.3) is 0 Å². The van der Waals surface area contributed by atoms with Crippen molar-refractivity contribution in [3.8, 4) is 0 Å². The molecule has 3 aliphatic rings. The first-order valence-electron chi connectivity index (χ1n) is 14.8. The van der Waals surface area contributed by atoms with E-state index in [0.29, 0.717) is 43.0 Å². The number of aromatic nitrogens is 3. The molecule has 0 bridgehead atoms. The van der Waals surface area contributed by atoms with Gasteiger partial charge in [-0.2, -0.15) is 0 Å². The van der Waals surface area contributed by atoms with Crippen molar-refractivity contribution in [1.82, 2.24) is 35.2 Å². The molecule has 3 heterocycles. The van der Waals surface area contributed by atoms with Crippen LogP contribution in [0.5, 0.6) is 0 Å². The van der Waals surface area contributed by atoms with Gasteiger partial charge in [-0.05, 0) is 54.0 Å². The molecule has 1 saturated heterocycles. The minimum Gasteiger partial charge on any atom is -0.339 e. The third kappa shape index (κ3) is 6.47. The molecular weight excluding hydrogens is 538 g/mol. The Labute approximate surface area is 246 Å². The molecule has 0 spiro atoms. The number of amides is 2. The fourth-order valence-electron chi connectivity index (χ4n) is 6.75. The Morgan fingerprint density at radius 3 is 2.41 bits per heavy atom. The maximum atomic E-state index is 14.0. The van der Waals surface area contributed by atoms with Gasteiger partial charge in [0.15, 0.2) is 0 Å². The molecule has 216 valence electrons. The molecule has 10 heteroatoms. The molecular formula is C31H38ClN7O2. The van der Waals surface area contributed by atoms with E-state index in [2.05, 4.69) is 42.4 Å². The predicted octanol–water partition coefficient (Wildman–Crippen LogP) is 3.21. The minimum atomic E-state index is -0.763. The highest BCUT2D eigenvalue weighted by atomic mass is 35.5. The average Bonchev–Trinajstić information content (AvgIpc) is 3.53. The lowest BCUT2D eigenvalue weighted by Gasteiger charge is -2.44. The van der Waals surface area contributed by atoms with E-state index < -0.39 is 12.1 Å². The summed E-state index contributed by atoms with van der Waals surface area (Å²) in [7, 11) is 0. The highest BCUT2D eigenvalue weighted by Crippen LogP contribution is 2.31. The zero-order valence-electron chi connectivity index (χ0n) is 23.3. The van der Waals surface area contributed by atoms with Gasteiger partial charge in [0, 0.05) is 50.3 Å². The summed E-state index contributed by atoms with van der Waals surface area (Å²) < 4.78 is 2.09. The number of carbonyl (C=O) groups excluding carboxylic acids is 2. The maximum Gasteiger partial charge on any atom is 0.249 e. The fourth-order valence-corrected chi connectivity index (χ4v) is 6.88. The van der Waals surface area contributed by atoms with Crippen molar-refractivity contribution in [2.45, 2.75) is 63.3 Å². The van der Waals surface area contributed by atoms with Gasteiger partial charge in [0.25, 0.3) is 0 Å². The van der Waals surface area contributed by atoms with Crippen molar-refractivity contribution in [3.05, 3.63) is 82.9 Å². The molecule has 4 atom stereocenters. The van der Waals surface area contributed by atoms with Crippen LogP contribution < -0.4 is 10.6 Å². The molecule has 0 radical (unpaired) electrons. The van der Waals surface area contributed by atoms with E-state index in [1.807, 2.05) is 29.2 Å². The molecule has 3 unspecified atom stereocenters. The molecule has 2 N–H and O–H groups in total. The normalized spacial score (nSPS) is 23.9. The van der Waals surface area contributed by atoms with Crippen LogP contribution in [0.15, 0.2) is 61.2 Å². The zero-order valence-corrected chi connectivity index (χ0v) is 24.0. The molecule has 2 aromatic carbocycles. The van der Waals surface area contributed by atoms with Crippen LogP contribution in [0.2, 0.25) is 5.02 Å². The molecule has 41 heavy (non-hydrogen) atoms. The molecule has 1 aliphatic carbocycles. The standard InChI is InChI=1S/C31H38ClN7O2/c32-26-11-9-22(10-12-26)29(36-30(40)27-17-23-5-1-2-6-24(23)18-33-27)31(41)39-15-13-38(14-16-39)28-8-4-3-7-25(28)19-37-20-34-35-21-37/h1-2,5-6,9-12,20-21,25,27-29,33H,3-4,7-8,13-19H2,(H,36,40)/t25?,27-,28?,29?/m1/s1. The Hall–Kier alpha value is -3.27. The second-order valence-corrected chi connectivity index (χ2v) is 12.0. The van der Waals surface area contributed by atoms with Crippen LogP contribution >= 0.6 is 11.6 Å². The van der Waals surface area contributed by atoms with E-state index in [9.17, 15) is 9.59 Å². The Balaban J connectivity index is 1.12. The van der Waals surface area contributed by atoms with E-state index in [4.69, 9.17) is 11.6 Å². The Morgan fingerprint density at radius 1 is 0.951 bits per heavy atom. The van der Waals surface area contributed by atoms with Gasteiger partial charge in [-0.15, -0.1) is 10.2 Å². The van der Waals surface area contributed by atoms with Gasteiger partial charge in [0.2, 0.25) is 11.8 Å². The molecule has 6 rings (SSSR count).